The second kappa shape index (κ2) is 11.3. The summed E-state index contributed by atoms with van der Waals surface area (Å²) in [5, 5.41) is 0.706. The number of hydrogen-bond donors (Lipinski definition) is 0. The molecule has 0 radical (unpaired) electrons. The fourth-order valence-electron chi connectivity index (χ4n) is 6.10. The molecule has 2 aromatic carbocycles. The van der Waals surface area contributed by atoms with Gasteiger partial charge >= 0.3 is 0 Å². The van der Waals surface area contributed by atoms with Crippen LogP contribution in [0.25, 0.3) is 6.08 Å². The zero-order chi connectivity index (χ0) is 27.7. The number of carbonyl (C=O) groups excluding carboxylic acids is 1. The number of fused-ring (bicyclic) bond motifs is 1. The summed E-state index contributed by atoms with van der Waals surface area (Å²) in [6, 6.07) is 12.6. The van der Waals surface area contributed by atoms with Crippen LogP contribution in [0.2, 0.25) is 0 Å². The van der Waals surface area contributed by atoms with Crippen LogP contribution in [0.1, 0.15) is 58.1 Å². The van der Waals surface area contributed by atoms with Gasteiger partial charge in [0.1, 0.15) is 5.75 Å². The lowest BCUT2D eigenvalue weighted by Crippen LogP contribution is -2.48. The molecule has 0 aliphatic carbocycles. The normalized spacial score (nSPS) is 23.1. The highest BCUT2D eigenvalue weighted by atomic mass is 32.2. The summed E-state index contributed by atoms with van der Waals surface area (Å²) in [6.07, 6.45) is 3.05. The van der Waals surface area contributed by atoms with Crippen molar-refractivity contribution >= 4 is 46.0 Å². The molecule has 0 aromatic heterocycles. The van der Waals surface area contributed by atoms with Gasteiger partial charge in [-0.1, -0.05) is 6.92 Å². The van der Waals surface area contributed by atoms with Crippen LogP contribution < -0.4 is 14.5 Å². The number of thioether (sulfide) groups is 1. The number of nitrogens with zero attached hydrogens (tertiary/aromatic N) is 4. The molecule has 8 heteroatoms. The number of ether oxygens (including phenoxy) is 2. The van der Waals surface area contributed by atoms with Crippen LogP contribution in [0.4, 0.5) is 17.1 Å². The molecule has 39 heavy (non-hydrogen) atoms. The smallest absolute Gasteiger partial charge is 0.266 e. The van der Waals surface area contributed by atoms with Crippen LogP contribution in [0.5, 0.6) is 5.75 Å². The van der Waals surface area contributed by atoms with E-state index in [-0.39, 0.29) is 11.4 Å². The van der Waals surface area contributed by atoms with Gasteiger partial charge in [0.15, 0.2) is 5.17 Å². The molecule has 208 valence electrons. The summed E-state index contributed by atoms with van der Waals surface area (Å²) >= 11 is 1.43. The van der Waals surface area contributed by atoms with Crippen molar-refractivity contribution in [2.24, 2.45) is 4.99 Å². The fraction of sp³-hybridized carbons (Fsp3) is 0.484. The van der Waals surface area contributed by atoms with Gasteiger partial charge in [0, 0.05) is 54.7 Å². The van der Waals surface area contributed by atoms with Crippen molar-refractivity contribution in [1.29, 1.82) is 0 Å². The van der Waals surface area contributed by atoms with Crippen LogP contribution in [-0.4, -0.2) is 68.0 Å². The van der Waals surface area contributed by atoms with Gasteiger partial charge in [0.05, 0.1) is 30.9 Å². The lowest BCUT2D eigenvalue weighted by atomic mass is 9.79. The number of methoxy groups -OCH3 is 1. The summed E-state index contributed by atoms with van der Waals surface area (Å²) in [7, 11) is 1.70. The first-order valence-electron chi connectivity index (χ1n) is 14.0. The first-order valence-corrected chi connectivity index (χ1v) is 14.8. The van der Waals surface area contributed by atoms with Gasteiger partial charge in [0.2, 0.25) is 0 Å². The molecular formula is C31H40N4O3S. The Labute approximate surface area is 236 Å². The predicted molar refractivity (Wildman–Crippen MR) is 163 cm³/mol. The second-order valence-electron chi connectivity index (χ2n) is 11.0. The topological polar surface area (TPSA) is 57.6 Å². The molecule has 3 aliphatic heterocycles. The number of amidine groups is 1. The second-order valence-corrected chi connectivity index (χ2v) is 12.0. The maximum absolute atomic E-state index is 13.4. The predicted octanol–water partition coefficient (Wildman–Crippen LogP) is 6.27. The quantitative estimate of drug-likeness (QED) is 0.397. The van der Waals surface area contributed by atoms with Gasteiger partial charge in [-0.15, -0.1) is 0 Å². The molecule has 2 saturated heterocycles. The van der Waals surface area contributed by atoms with E-state index in [4.69, 9.17) is 14.5 Å². The molecule has 1 unspecified atom stereocenters. The Hall–Kier alpha value is -2.97. The minimum atomic E-state index is -0.0182. The number of benzene rings is 2. The van der Waals surface area contributed by atoms with E-state index in [2.05, 4.69) is 61.8 Å². The molecule has 3 heterocycles. The Kier molecular flexibility index (Phi) is 7.96. The number of morpholine rings is 1. The zero-order valence-corrected chi connectivity index (χ0v) is 24.8. The van der Waals surface area contributed by atoms with Gasteiger partial charge < -0.3 is 19.3 Å². The van der Waals surface area contributed by atoms with Gasteiger partial charge in [0.25, 0.3) is 5.91 Å². The third-order valence-corrected chi connectivity index (χ3v) is 9.00. The van der Waals surface area contributed by atoms with Crippen molar-refractivity contribution in [3.05, 3.63) is 52.4 Å². The Morgan fingerprint density at radius 1 is 1.13 bits per heavy atom. The maximum atomic E-state index is 13.4. The summed E-state index contributed by atoms with van der Waals surface area (Å²) in [4.78, 5) is 25.5. The first kappa shape index (κ1) is 27.6. The highest BCUT2D eigenvalue weighted by Gasteiger charge is 2.37. The first-order chi connectivity index (χ1) is 18.7. The Morgan fingerprint density at radius 2 is 1.85 bits per heavy atom. The van der Waals surface area contributed by atoms with E-state index < -0.39 is 0 Å². The largest absolute Gasteiger partial charge is 0.496 e. The summed E-state index contributed by atoms with van der Waals surface area (Å²) < 4.78 is 11.3. The average Bonchev–Trinajstić information content (AvgIpc) is 3.22. The molecular weight excluding hydrogens is 508 g/mol. The molecule has 5 rings (SSSR count). The van der Waals surface area contributed by atoms with Crippen molar-refractivity contribution < 1.29 is 14.3 Å². The van der Waals surface area contributed by atoms with Gasteiger partial charge in [-0.3, -0.25) is 9.69 Å². The van der Waals surface area contributed by atoms with E-state index in [1.807, 2.05) is 25.1 Å². The molecule has 0 N–H and O–H groups in total. The minimum absolute atomic E-state index is 0.0182. The summed E-state index contributed by atoms with van der Waals surface area (Å²) in [5.41, 5.74) is 5.55. The van der Waals surface area contributed by atoms with Crippen molar-refractivity contribution in [2.75, 3.05) is 56.3 Å². The highest BCUT2D eigenvalue weighted by Crippen LogP contribution is 2.46. The third-order valence-electron chi connectivity index (χ3n) is 7.99. The monoisotopic (exact) mass is 548 g/mol. The molecule has 1 atom stereocenters. The van der Waals surface area contributed by atoms with Gasteiger partial charge in [-0.25, -0.2) is 4.99 Å². The fourth-order valence-corrected chi connectivity index (χ4v) is 7.15. The Balaban J connectivity index is 1.44. The SMILES string of the molecule is CCN1C(=O)/C(=C\c2cc3c(cc2OC)N(CC)C(C)(C)CC3C)SC1=Nc1ccc(N2CCOCC2)cc1. The number of aliphatic imine (C=N–C) groups is 1. The number of rotatable bonds is 6. The van der Waals surface area contributed by atoms with E-state index in [0.29, 0.717) is 22.5 Å². The lowest BCUT2D eigenvalue weighted by molar-refractivity contribution is -0.122. The van der Waals surface area contributed by atoms with Crippen molar-refractivity contribution in [1.82, 2.24) is 4.90 Å². The highest BCUT2D eigenvalue weighted by molar-refractivity contribution is 8.18. The number of anilines is 2. The van der Waals surface area contributed by atoms with E-state index in [0.717, 1.165) is 56.3 Å². The summed E-state index contributed by atoms with van der Waals surface area (Å²) in [6.45, 7) is 15.9. The lowest BCUT2D eigenvalue weighted by Gasteiger charge is -2.47. The zero-order valence-electron chi connectivity index (χ0n) is 24.0. The molecule has 0 bridgehead atoms. The van der Waals surface area contributed by atoms with Gasteiger partial charge in [-0.2, -0.15) is 0 Å². The van der Waals surface area contributed by atoms with Crippen molar-refractivity contribution in [2.45, 2.75) is 52.5 Å². The standard InChI is InChI=1S/C31H40N4O3S/c1-7-34-29(36)28(39-30(34)32-23-9-11-24(12-10-23)33-13-15-38-16-14-33)18-22-17-25-21(3)20-31(4,5)35(8-2)26(25)19-27(22)37-6/h9-12,17-19,21H,7-8,13-16,20H2,1-6H3/b28-18+,32-30?. The van der Waals surface area contributed by atoms with E-state index in [1.165, 1.54) is 28.7 Å². The number of carbonyl (C=O) groups is 1. The van der Waals surface area contributed by atoms with Crippen molar-refractivity contribution in [3.63, 3.8) is 0 Å². The van der Waals surface area contributed by atoms with E-state index >= 15 is 0 Å². The Bertz CT molecular complexity index is 1280. The number of likely N-dealkylation sites (N-methyl/N-ethyl adjacent to an activating group) is 1. The van der Waals surface area contributed by atoms with Crippen LogP contribution in [-0.2, 0) is 9.53 Å². The number of amides is 1. The molecule has 2 fully saturated rings. The molecule has 2 aromatic rings. The van der Waals surface area contributed by atoms with E-state index in [9.17, 15) is 4.79 Å². The minimum Gasteiger partial charge on any atom is -0.496 e. The third kappa shape index (κ3) is 5.41. The van der Waals surface area contributed by atoms with Crippen LogP contribution in [0.15, 0.2) is 46.3 Å². The molecule has 0 spiro atoms. The number of hydrogen-bond acceptors (Lipinski definition) is 7. The maximum Gasteiger partial charge on any atom is 0.266 e. The van der Waals surface area contributed by atoms with E-state index in [1.54, 1.807) is 12.0 Å². The molecule has 7 nitrogen and oxygen atoms in total. The molecule has 1 amide bonds. The van der Waals surface area contributed by atoms with Crippen LogP contribution in [0.3, 0.4) is 0 Å². The van der Waals surface area contributed by atoms with Crippen LogP contribution in [0, 0.1) is 0 Å². The summed E-state index contributed by atoms with van der Waals surface area (Å²) in [5.74, 6) is 1.18. The Morgan fingerprint density at radius 3 is 2.49 bits per heavy atom. The van der Waals surface area contributed by atoms with Gasteiger partial charge in [-0.05, 0) is 93.8 Å². The molecule has 0 saturated carbocycles. The average molecular weight is 549 g/mol. The van der Waals surface area contributed by atoms with Crippen molar-refractivity contribution in [3.8, 4) is 5.75 Å². The van der Waals surface area contributed by atoms with Crippen LogP contribution >= 0.6 is 11.8 Å². The molecule has 3 aliphatic rings.